The van der Waals surface area contributed by atoms with Gasteiger partial charge in [0.25, 0.3) is 0 Å². The molecule has 0 saturated heterocycles. The minimum atomic E-state index is 0.253. The molecule has 1 unspecified atom stereocenters. The zero-order valence-electron chi connectivity index (χ0n) is 10.9. The Hall–Kier alpha value is -1.69. The van der Waals surface area contributed by atoms with E-state index in [1.165, 1.54) is 6.42 Å². The molecular formula is C12H20N6. The Bertz CT molecular complexity index is 506. The Balaban J connectivity index is 2.20. The number of anilines is 1. The van der Waals surface area contributed by atoms with Crippen LogP contribution in [0.5, 0.6) is 0 Å². The topological polar surface area (TPSA) is 81.7 Å². The van der Waals surface area contributed by atoms with Gasteiger partial charge in [0.2, 0.25) is 0 Å². The van der Waals surface area contributed by atoms with E-state index in [1.54, 1.807) is 17.2 Å². The lowest BCUT2D eigenvalue weighted by Crippen LogP contribution is -2.29. The highest BCUT2D eigenvalue weighted by Gasteiger charge is 2.11. The lowest BCUT2D eigenvalue weighted by atomic mass is 10.1. The molecule has 0 aromatic carbocycles. The highest BCUT2D eigenvalue weighted by Crippen LogP contribution is 2.19. The van der Waals surface area contributed by atoms with Gasteiger partial charge in [-0.3, -0.25) is 4.68 Å². The lowest BCUT2D eigenvalue weighted by molar-refractivity contribution is 0.613. The van der Waals surface area contributed by atoms with Crippen LogP contribution in [0.4, 0.5) is 5.82 Å². The largest absolute Gasteiger partial charge is 0.365 e. The summed E-state index contributed by atoms with van der Waals surface area (Å²) in [4.78, 5) is 8.50. The molecule has 2 rings (SSSR count). The lowest BCUT2D eigenvalue weighted by Gasteiger charge is -2.17. The molecule has 6 heteroatoms. The molecule has 0 amide bonds. The molecule has 6 nitrogen and oxygen atoms in total. The smallest absolute Gasteiger partial charge is 0.163 e. The van der Waals surface area contributed by atoms with Crippen LogP contribution in [-0.4, -0.2) is 32.3 Å². The Labute approximate surface area is 107 Å². The van der Waals surface area contributed by atoms with Crippen LogP contribution < -0.4 is 11.1 Å². The van der Waals surface area contributed by atoms with Gasteiger partial charge in [-0.1, -0.05) is 19.8 Å². The highest BCUT2D eigenvalue weighted by atomic mass is 15.3. The maximum absolute atomic E-state index is 5.78. The van der Waals surface area contributed by atoms with E-state index < -0.39 is 0 Å². The van der Waals surface area contributed by atoms with Crippen molar-refractivity contribution < 1.29 is 0 Å². The van der Waals surface area contributed by atoms with Crippen LogP contribution >= 0.6 is 0 Å². The van der Waals surface area contributed by atoms with Crippen LogP contribution in [0.15, 0.2) is 12.5 Å². The molecule has 0 spiro atoms. The van der Waals surface area contributed by atoms with Crippen LogP contribution in [0.3, 0.4) is 0 Å². The zero-order chi connectivity index (χ0) is 13.0. The Morgan fingerprint density at radius 3 is 3.00 bits per heavy atom. The quantitative estimate of drug-likeness (QED) is 0.805. The third kappa shape index (κ3) is 2.59. The van der Waals surface area contributed by atoms with Crippen molar-refractivity contribution in [1.82, 2.24) is 19.7 Å². The number of hydrogen-bond acceptors (Lipinski definition) is 5. The van der Waals surface area contributed by atoms with Crippen molar-refractivity contribution in [3.8, 4) is 0 Å². The number of nitrogens with one attached hydrogen (secondary N) is 1. The summed E-state index contributed by atoms with van der Waals surface area (Å²) in [6, 6.07) is 0.253. The van der Waals surface area contributed by atoms with Gasteiger partial charge >= 0.3 is 0 Å². The summed E-state index contributed by atoms with van der Waals surface area (Å²) in [7, 11) is 1.87. The van der Waals surface area contributed by atoms with Gasteiger partial charge in [-0.05, 0) is 6.42 Å². The van der Waals surface area contributed by atoms with Crippen molar-refractivity contribution in [2.75, 3.05) is 11.9 Å². The molecule has 1 atom stereocenters. The summed E-state index contributed by atoms with van der Waals surface area (Å²) >= 11 is 0. The van der Waals surface area contributed by atoms with E-state index >= 15 is 0 Å². The van der Waals surface area contributed by atoms with Crippen LogP contribution in [0.2, 0.25) is 0 Å². The first-order valence-corrected chi connectivity index (χ1v) is 6.35. The van der Waals surface area contributed by atoms with Crippen molar-refractivity contribution in [3.63, 3.8) is 0 Å². The van der Waals surface area contributed by atoms with E-state index in [4.69, 9.17) is 5.73 Å². The van der Waals surface area contributed by atoms with E-state index in [2.05, 4.69) is 27.3 Å². The predicted molar refractivity (Wildman–Crippen MR) is 72.3 cm³/mol. The molecule has 2 aromatic rings. The number of nitrogens with two attached hydrogens (primary N) is 1. The molecule has 98 valence electrons. The predicted octanol–water partition coefficient (Wildman–Crippen LogP) is 1.29. The summed E-state index contributed by atoms with van der Waals surface area (Å²) in [6.45, 7) is 2.78. The summed E-state index contributed by atoms with van der Waals surface area (Å²) in [5.74, 6) is 0.819. The van der Waals surface area contributed by atoms with Gasteiger partial charge in [0.1, 0.15) is 12.1 Å². The second-order valence-corrected chi connectivity index (χ2v) is 4.45. The summed E-state index contributed by atoms with van der Waals surface area (Å²) < 4.78 is 1.74. The average molecular weight is 248 g/mol. The molecule has 2 heterocycles. The Morgan fingerprint density at radius 1 is 1.44 bits per heavy atom. The second-order valence-electron chi connectivity index (χ2n) is 4.45. The fraction of sp³-hybridized carbons (Fsp3) is 0.583. The third-order valence-corrected chi connectivity index (χ3v) is 3.06. The molecule has 3 N–H and O–H groups in total. The van der Waals surface area contributed by atoms with Crippen LogP contribution in [0, 0.1) is 0 Å². The van der Waals surface area contributed by atoms with Crippen LogP contribution in [0.25, 0.3) is 11.0 Å². The second kappa shape index (κ2) is 5.77. The fourth-order valence-corrected chi connectivity index (χ4v) is 1.97. The fourth-order valence-electron chi connectivity index (χ4n) is 1.97. The average Bonchev–Trinajstić information content (AvgIpc) is 2.77. The van der Waals surface area contributed by atoms with E-state index in [0.717, 1.165) is 29.7 Å². The summed E-state index contributed by atoms with van der Waals surface area (Å²) in [5.41, 5.74) is 6.62. The maximum atomic E-state index is 5.78. The van der Waals surface area contributed by atoms with Gasteiger partial charge in [0, 0.05) is 19.6 Å². The van der Waals surface area contributed by atoms with Gasteiger partial charge in [-0.25, -0.2) is 9.97 Å². The van der Waals surface area contributed by atoms with Crippen molar-refractivity contribution in [3.05, 3.63) is 12.5 Å². The minimum Gasteiger partial charge on any atom is -0.365 e. The zero-order valence-corrected chi connectivity index (χ0v) is 10.9. The molecule has 0 radical (unpaired) electrons. The number of aromatic nitrogens is 4. The molecule has 0 aliphatic rings. The molecule has 0 aliphatic heterocycles. The van der Waals surface area contributed by atoms with Gasteiger partial charge in [-0.15, -0.1) is 0 Å². The third-order valence-electron chi connectivity index (χ3n) is 3.06. The molecular weight excluding hydrogens is 228 g/mol. The van der Waals surface area contributed by atoms with Gasteiger partial charge in [0.05, 0.1) is 11.6 Å². The molecule has 18 heavy (non-hydrogen) atoms. The summed E-state index contributed by atoms with van der Waals surface area (Å²) in [5, 5.41) is 8.52. The van der Waals surface area contributed by atoms with Gasteiger partial charge in [-0.2, -0.15) is 5.10 Å². The van der Waals surface area contributed by atoms with E-state index in [0.29, 0.717) is 6.54 Å². The first-order valence-electron chi connectivity index (χ1n) is 6.35. The standard InChI is InChI=1S/C12H20N6/c1-3-4-5-9(6-13)17-11-10-7-16-18(2)12(10)15-8-14-11/h7-9H,3-6,13H2,1-2H3,(H,14,15,17). The highest BCUT2D eigenvalue weighted by molar-refractivity contribution is 5.86. The number of rotatable bonds is 6. The van der Waals surface area contributed by atoms with Crippen molar-refractivity contribution in [2.45, 2.75) is 32.2 Å². The van der Waals surface area contributed by atoms with Crippen molar-refractivity contribution in [2.24, 2.45) is 12.8 Å². The first-order chi connectivity index (χ1) is 8.76. The Morgan fingerprint density at radius 2 is 2.28 bits per heavy atom. The maximum Gasteiger partial charge on any atom is 0.163 e. The number of unbranched alkanes of at least 4 members (excludes halogenated alkanes) is 1. The van der Waals surface area contributed by atoms with E-state index in [-0.39, 0.29) is 6.04 Å². The molecule has 0 aliphatic carbocycles. The van der Waals surface area contributed by atoms with Gasteiger partial charge < -0.3 is 11.1 Å². The first kappa shape index (κ1) is 12.8. The van der Waals surface area contributed by atoms with E-state index in [1.807, 2.05) is 7.05 Å². The van der Waals surface area contributed by atoms with Crippen molar-refractivity contribution >= 4 is 16.9 Å². The summed E-state index contributed by atoms with van der Waals surface area (Å²) in [6.07, 6.45) is 6.73. The van der Waals surface area contributed by atoms with Crippen molar-refractivity contribution in [1.29, 1.82) is 0 Å². The number of nitrogens with zero attached hydrogens (tertiary/aromatic N) is 4. The monoisotopic (exact) mass is 248 g/mol. The molecule has 2 aromatic heterocycles. The molecule has 0 bridgehead atoms. The van der Waals surface area contributed by atoms with Crippen LogP contribution in [0.1, 0.15) is 26.2 Å². The number of hydrogen-bond donors (Lipinski definition) is 2. The number of aryl methyl sites for hydroxylation is 1. The Kier molecular flexibility index (Phi) is 4.09. The number of fused-ring (bicyclic) bond motifs is 1. The van der Waals surface area contributed by atoms with Gasteiger partial charge in [0.15, 0.2) is 5.65 Å². The minimum absolute atomic E-state index is 0.253. The molecule has 0 fully saturated rings. The van der Waals surface area contributed by atoms with Crippen LogP contribution in [-0.2, 0) is 7.05 Å². The normalized spacial score (nSPS) is 12.8. The molecule has 0 saturated carbocycles. The SMILES string of the molecule is CCCCC(CN)Nc1ncnc2c1cnn2C. The van der Waals surface area contributed by atoms with E-state index in [9.17, 15) is 0 Å².